The number of nitrogens with zero attached hydrogens (tertiary/aromatic N) is 3. The van der Waals surface area contributed by atoms with Gasteiger partial charge in [0.25, 0.3) is 11.5 Å². The van der Waals surface area contributed by atoms with E-state index < -0.39 is 0 Å². The van der Waals surface area contributed by atoms with E-state index in [0.717, 1.165) is 31.6 Å². The second-order valence-corrected chi connectivity index (χ2v) is 6.45. The van der Waals surface area contributed by atoms with E-state index in [9.17, 15) is 9.59 Å². The second kappa shape index (κ2) is 8.91. The summed E-state index contributed by atoms with van der Waals surface area (Å²) in [6.07, 6.45) is 6.77. The number of carbonyl (C=O) groups excluding carboxylic acids is 1. The van der Waals surface area contributed by atoms with Crippen molar-refractivity contribution >= 4 is 18.3 Å². The first-order chi connectivity index (χ1) is 12.0. The SMILES string of the molecule is Cc1cnc(Cn2ccc(C)c(C(=O)NC3CCNCC3)c2=O)cn1.Cl. The standard InChI is InChI=1S/C18H23N5O2.ClH/c1-12-5-8-23(11-15-10-20-13(2)9-21-15)18(25)16(12)17(24)22-14-3-6-19-7-4-14;/h5,8-10,14,19H,3-4,6-7,11H2,1-2H3,(H,22,24);1H. The van der Waals surface area contributed by atoms with Gasteiger partial charge in [-0.25, -0.2) is 0 Å². The van der Waals surface area contributed by atoms with Crippen LogP contribution >= 0.6 is 12.4 Å². The van der Waals surface area contributed by atoms with Crippen LogP contribution in [0.2, 0.25) is 0 Å². The molecule has 3 heterocycles. The summed E-state index contributed by atoms with van der Waals surface area (Å²) >= 11 is 0. The quantitative estimate of drug-likeness (QED) is 0.836. The molecule has 2 aromatic rings. The molecular weight excluding hydrogens is 354 g/mol. The van der Waals surface area contributed by atoms with Crippen molar-refractivity contribution in [2.75, 3.05) is 13.1 Å². The summed E-state index contributed by atoms with van der Waals surface area (Å²) in [4.78, 5) is 33.9. The minimum Gasteiger partial charge on any atom is -0.349 e. The van der Waals surface area contributed by atoms with Crippen LogP contribution in [0.15, 0.2) is 29.5 Å². The summed E-state index contributed by atoms with van der Waals surface area (Å²) in [6.45, 7) is 5.71. The fourth-order valence-corrected chi connectivity index (χ4v) is 2.97. The first kappa shape index (κ1) is 20.1. The molecule has 0 bridgehead atoms. The summed E-state index contributed by atoms with van der Waals surface area (Å²) < 4.78 is 1.50. The van der Waals surface area contributed by atoms with Crippen LogP contribution in [0, 0.1) is 13.8 Å². The number of halogens is 1. The fourth-order valence-electron chi connectivity index (χ4n) is 2.97. The van der Waals surface area contributed by atoms with Crippen LogP contribution in [-0.2, 0) is 6.54 Å². The van der Waals surface area contributed by atoms with E-state index >= 15 is 0 Å². The summed E-state index contributed by atoms with van der Waals surface area (Å²) in [7, 11) is 0. The number of aryl methyl sites for hydroxylation is 2. The minimum absolute atomic E-state index is 0. The van der Waals surface area contributed by atoms with Crippen molar-refractivity contribution in [1.29, 1.82) is 0 Å². The average molecular weight is 378 g/mol. The van der Waals surface area contributed by atoms with Crippen molar-refractivity contribution < 1.29 is 4.79 Å². The molecule has 0 radical (unpaired) electrons. The van der Waals surface area contributed by atoms with Gasteiger partial charge in [-0.15, -0.1) is 12.4 Å². The zero-order valence-electron chi connectivity index (χ0n) is 15.0. The van der Waals surface area contributed by atoms with Crippen LogP contribution in [0.25, 0.3) is 0 Å². The molecule has 1 saturated heterocycles. The van der Waals surface area contributed by atoms with Gasteiger partial charge in [0, 0.05) is 18.4 Å². The first-order valence-electron chi connectivity index (χ1n) is 8.54. The Labute approximate surface area is 158 Å². The van der Waals surface area contributed by atoms with E-state index in [2.05, 4.69) is 20.6 Å². The molecule has 2 N–H and O–H groups in total. The zero-order valence-corrected chi connectivity index (χ0v) is 15.8. The van der Waals surface area contributed by atoms with Crippen molar-refractivity contribution in [2.24, 2.45) is 0 Å². The van der Waals surface area contributed by atoms with Gasteiger partial charge in [-0.1, -0.05) is 0 Å². The monoisotopic (exact) mass is 377 g/mol. The lowest BCUT2D eigenvalue weighted by atomic mass is 10.1. The zero-order chi connectivity index (χ0) is 17.8. The highest BCUT2D eigenvalue weighted by molar-refractivity contribution is 5.95. The highest BCUT2D eigenvalue weighted by atomic mass is 35.5. The molecule has 0 aromatic carbocycles. The molecule has 0 spiro atoms. The van der Waals surface area contributed by atoms with Crippen LogP contribution in [0.3, 0.4) is 0 Å². The Morgan fingerprint density at radius 1 is 1.27 bits per heavy atom. The Morgan fingerprint density at radius 3 is 2.65 bits per heavy atom. The Morgan fingerprint density at radius 2 is 2.00 bits per heavy atom. The van der Waals surface area contributed by atoms with Gasteiger partial charge in [-0.05, 0) is 51.4 Å². The Hall–Kier alpha value is -2.25. The number of carbonyl (C=O) groups is 1. The van der Waals surface area contributed by atoms with E-state index in [0.29, 0.717) is 17.8 Å². The Balaban J connectivity index is 0.00000243. The third kappa shape index (κ3) is 4.68. The number of aromatic nitrogens is 3. The molecule has 3 rings (SSSR count). The number of piperidine rings is 1. The van der Waals surface area contributed by atoms with E-state index in [4.69, 9.17) is 0 Å². The average Bonchev–Trinajstić information content (AvgIpc) is 2.60. The van der Waals surface area contributed by atoms with Gasteiger partial charge in [0.05, 0.1) is 24.1 Å². The minimum atomic E-state index is -0.297. The van der Waals surface area contributed by atoms with E-state index in [1.54, 1.807) is 31.6 Å². The van der Waals surface area contributed by atoms with Gasteiger partial charge in [-0.3, -0.25) is 19.6 Å². The van der Waals surface area contributed by atoms with Gasteiger partial charge in [0.1, 0.15) is 5.56 Å². The third-order valence-electron chi connectivity index (χ3n) is 4.44. The number of rotatable bonds is 4. The highest BCUT2D eigenvalue weighted by Gasteiger charge is 2.20. The van der Waals surface area contributed by atoms with Crippen molar-refractivity contribution in [3.63, 3.8) is 0 Å². The van der Waals surface area contributed by atoms with Gasteiger partial charge in [0.2, 0.25) is 0 Å². The smallest absolute Gasteiger partial charge is 0.264 e. The molecule has 1 amide bonds. The van der Waals surface area contributed by atoms with Gasteiger partial charge in [0.15, 0.2) is 0 Å². The predicted octanol–water partition coefficient (Wildman–Crippen LogP) is 1.21. The molecule has 2 aromatic heterocycles. The van der Waals surface area contributed by atoms with Gasteiger partial charge < -0.3 is 15.2 Å². The summed E-state index contributed by atoms with van der Waals surface area (Å²) in [5.74, 6) is -0.293. The first-order valence-corrected chi connectivity index (χ1v) is 8.54. The van der Waals surface area contributed by atoms with Crippen molar-refractivity contribution in [3.05, 3.63) is 57.5 Å². The lowest BCUT2D eigenvalue weighted by molar-refractivity contribution is 0.0926. The molecule has 1 aliphatic heterocycles. The van der Waals surface area contributed by atoms with E-state index in [-0.39, 0.29) is 35.5 Å². The van der Waals surface area contributed by atoms with Crippen LogP contribution in [0.1, 0.15) is 40.2 Å². The summed E-state index contributed by atoms with van der Waals surface area (Å²) in [5.41, 5.74) is 2.10. The largest absolute Gasteiger partial charge is 0.349 e. The lowest BCUT2D eigenvalue weighted by Crippen LogP contribution is -2.44. The predicted molar refractivity (Wildman–Crippen MR) is 102 cm³/mol. The maximum atomic E-state index is 12.8. The van der Waals surface area contributed by atoms with Gasteiger partial charge >= 0.3 is 0 Å². The lowest BCUT2D eigenvalue weighted by Gasteiger charge is -2.24. The molecule has 0 atom stereocenters. The molecule has 1 fully saturated rings. The molecule has 140 valence electrons. The molecule has 26 heavy (non-hydrogen) atoms. The van der Waals surface area contributed by atoms with Crippen LogP contribution in [-0.4, -0.2) is 39.6 Å². The van der Waals surface area contributed by atoms with Crippen molar-refractivity contribution in [1.82, 2.24) is 25.2 Å². The maximum Gasteiger partial charge on any atom is 0.264 e. The molecule has 0 aliphatic carbocycles. The Bertz CT molecular complexity index is 813. The third-order valence-corrected chi connectivity index (χ3v) is 4.44. The molecule has 1 aliphatic rings. The Kier molecular flexibility index (Phi) is 6.88. The molecular formula is C18H24ClN5O2. The second-order valence-electron chi connectivity index (χ2n) is 6.45. The van der Waals surface area contributed by atoms with Crippen LogP contribution < -0.4 is 16.2 Å². The molecule has 0 saturated carbocycles. The van der Waals surface area contributed by atoms with E-state index in [1.807, 2.05) is 6.92 Å². The fraction of sp³-hybridized carbons (Fsp3) is 0.444. The number of nitrogens with one attached hydrogen (secondary N) is 2. The number of hydrogen-bond donors (Lipinski definition) is 2. The maximum absolute atomic E-state index is 12.8. The van der Waals surface area contributed by atoms with Crippen LogP contribution in [0.4, 0.5) is 0 Å². The summed E-state index contributed by atoms with van der Waals surface area (Å²) in [6, 6.07) is 1.91. The molecule has 0 unspecified atom stereocenters. The highest BCUT2D eigenvalue weighted by Crippen LogP contribution is 2.07. The molecule has 8 heteroatoms. The normalized spacial score (nSPS) is 14.5. The summed E-state index contributed by atoms with van der Waals surface area (Å²) in [5, 5.41) is 6.26. The molecule has 7 nitrogen and oxygen atoms in total. The van der Waals surface area contributed by atoms with Crippen molar-refractivity contribution in [2.45, 2.75) is 39.3 Å². The van der Waals surface area contributed by atoms with Gasteiger partial charge in [-0.2, -0.15) is 0 Å². The van der Waals surface area contributed by atoms with Crippen LogP contribution in [0.5, 0.6) is 0 Å². The van der Waals surface area contributed by atoms with Crippen molar-refractivity contribution in [3.8, 4) is 0 Å². The number of pyridine rings is 1. The topological polar surface area (TPSA) is 88.9 Å². The number of hydrogen-bond acceptors (Lipinski definition) is 5. The number of amides is 1. The van der Waals surface area contributed by atoms with E-state index in [1.165, 1.54) is 4.57 Å².